The zero-order valence-electron chi connectivity index (χ0n) is 18.1. The number of para-hydroxylation sites is 1. The topological polar surface area (TPSA) is 112 Å². The van der Waals surface area contributed by atoms with Crippen LogP contribution in [-0.2, 0) is 35.6 Å². The van der Waals surface area contributed by atoms with Crippen molar-refractivity contribution in [2.24, 2.45) is 0 Å². The highest BCUT2D eigenvalue weighted by molar-refractivity contribution is 7.11. The molecule has 1 aromatic heterocycles. The molecule has 3 aromatic rings. The fraction of sp³-hybridized carbons (Fsp3) is 0.292. The molecule has 3 N–H and O–H groups in total. The van der Waals surface area contributed by atoms with Gasteiger partial charge in [-0.25, -0.2) is 4.98 Å². The molecular weight excluding hydrogens is 442 g/mol. The van der Waals surface area contributed by atoms with Crippen molar-refractivity contribution in [2.75, 3.05) is 7.11 Å². The van der Waals surface area contributed by atoms with Crippen LogP contribution in [0.3, 0.4) is 0 Å². The van der Waals surface area contributed by atoms with E-state index in [1.807, 2.05) is 48.5 Å². The van der Waals surface area contributed by atoms with Gasteiger partial charge in [0.2, 0.25) is 0 Å². The van der Waals surface area contributed by atoms with Gasteiger partial charge in [0.05, 0.1) is 13.7 Å². The number of carbonyl (C=O) groups is 2. The van der Waals surface area contributed by atoms with Crippen LogP contribution in [0.5, 0.6) is 5.75 Å². The van der Waals surface area contributed by atoms with E-state index < -0.39 is 24.0 Å². The van der Waals surface area contributed by atoms with E-state index in [1.165, 1.54) is 16.2 Å². The number of fused-ring (bicyclic) bond motifs is 1. The molecule has 0 bridgehead atoms. The summed E-state index contributed by atoms with van der Waals surface area (Å²) in [5.74, 6) is -0.708. The first kappa shape index (κ1) is 22.9. The van der Waals surface area contributed by atoms with Crippen LogP contribution in [0.15, 0.2) is 54.7 Å². The molecule has 2 heterocycles. The Morgan fingerprint density at radius 2 is 1.76 bits per heavy atom. The van der Waals surface area contributed by atoms with Crippen LogP contribution in [-0.4, -0.2) is 51.2 Å². The largest absolute Gasteiger partial charge is 0.496 e. The minimum absolute atomic E-state index is 0.0859. The van der Waals surface area contributed by atoms with Crippen molar-refractivity contribution in [3.05, 3.63) is 81.3 Å². The predicted molar refractivity (Wildman–Crippen MR) is 122 cm³/mol. The van der Waals surface area contributed by atoms with Crippen molar-refractivity contribution < 1.29 is 24.5 Å². The molecule has 8 nitrogen and oxygen atoms in total. The second-order valence-electron chi connectivity index (χ2n) is 7.78. The van der Waals surface area contributed by atoms with Crippen LogP contribution in [0.1, 0.15) is 26.6 Å². The number of ether oxygens (including phenoxy) is 1. The summed E-state index contributed by atoms with van der Waals surface area (Å²) in [6.45, 7) is 0.769. The second kappa shape index (κ2) is 10.1. The third-order valence-corrected chi connectivity index (χ3v) is 6.54. The number of nitrogens with zero attached hydrogens (tertiary/aromatic N) is 2. The van der Waals surface area contributed by atoms with E-state index in [2.05, 4.69) is 10.3 Å². The Hall–Kier alpha value is -3.27. The first-order chi connectivity index (χ1) is 16.0. The van der Waals surface area contributed by atoms with Gasteiger partial charge in [0.15, 0.2) is 12.2 Å². The molecule has 1 aliphatic heterocycles. The van der Waals surface area contributed by atoms with Gasteiger partial charge in [0.1, 0.15) is 10.8 Å². The number of thiazole rings is 1. The van der Waals surface area contributed by atoms with Crippen LogP contribution >= 0.6 is 11.3 Å². The van der Waals surface area contributed by atoms with Crippen molar-refractivity contribution in [2.45, 2.75) is 38.3 Å². The number of aromatic nitrogens is 1. The summed E-state index contributed by atoms with van der Waals surface area (Å²) < 4.78 is 5.37. The summed E-state index contributed by atoms with van der Waals surface area (Å²) >= 11 is 1.43. The van der Waals surface area contributed by atoms with Gasteiger partial charge in [-0.3, -0.25) is 9.59 Å². The summed E-state index contributed by atoms with van der Waals surface area (Å²) in [6, 6.07) is 15.3. The Labute approximate surface area is 195 Å². The number of hydrogen-bond donors (Lipinski definition) is 3. The molecular formula is C24H25N3O5S. The van der Waals surface area contributed by atoms with E-state index in [9.17, 15) is 19.8 Å². The fourth-order valence-corrected chi connectivity index (χ4v) is 4.66. The first-order valence-electron chi connectivity index (χ1n) is 10.5. The standard InChI is InChI=1S/C24H25N3O5S/c1-32-19-9-5-4-6-15(19)10-18-11-25-20(33-18)12-26-23(30)21(28)22(29)24(31)27-13-16-7-2-3-8-17(16)14-27/h2-9,11,21-22,28-29H,10,12-14H2,1H3,(H,26,30)/t21-,22-/m1/s1. The number of aliphatic hydroxyl groups is 2. The number of benzene rings is 2. The Morgan fingerprint density at radius 3 is 2.45 bits per heavy atom. The number of nitrogens with one attached hydrogen (secondary N) is 1. The minimum Gasteiger partial charge on any atom is -0.496 e. The third-order valence-electron chi connectivity index (χ3n) is 5.55. The van der Waals surface area contributed by atoms with Crippen LogP contribution in [0.2, 0.25) is 0 Å². The molecule has 0 aliphatic carbocycles. The highest BCUT2D eigenvalue weighted by atomic mass is 32.1. The molecule has 2 aromatic carbocycles. The Kier molecular flexibility index (Phi) is 7.02. The molecule has 9 heteroatoms. The van der Waals surface area contributed by atoms with Crippen LogP contribution in [0.4, 0.5) is 0 Å². The normalized spacial score (nSPS) is 14.5. The quantitative estimate of drug-likeness (QED) is 0.464. The molecule has 33 heavy (non-hydrogen) atoms. The minimum atomic E-state index is -1.87. The lowest BCUT2D eigenvalue weighted by atomic mass is 10.1. The van der Waals surface area contributed by atoms with Gasteiger partial charge in [-0.1, -0.05) is 42.5 Å². The van der Waals surface area contributed by atoms with Crippen LogP contribution < -0.4 is 10.1 Å². The predicted octanol–water partition coefficient (Wildman–Crippen LogP) is 1.62. The number of carbonyl (C=O) groups excluding carboxylic acids is 2. The van der Waals surface area contributed by atoms with Gasteiger partial charge in [-0.15, -0.1) is 11.3 Å². The zero-order chi connectivity index (χ0) is 23.4. The van der Waals surface area contributed by atoms with Crippen molar-refractivity contribution >= 4 is 23.2 Å². The molecule has 0 unspecified atom stereocenters. The molecule has 0 fully saturated rings. The van der Waals surface area contributed by atoms with Gasteiger partial charge < -0.3 is 25.2 Å². The van der Waals surface area contributed by atoms with E-state index in [0.29, 0.717) is 24.5 Å². The van der Waals surface area contributed by atoms with Crippen molar-refractivity contribution in [1.82, 2.24) is 15.2 Å². The Bertz CT molecular complexity index is 1120. The Morgan fingerprint density at radius 1 is 1.09 bits per heavy atom. The molecule has 0 saturated heterocycles. The van der Waals surface area contributed by atoms with Crippen molar-refractivity contribution in [1.29, 1.82) is 0 Å². The third kappa shape index (κ3) is 5.22. The maximum Gasteiger partial charge on any atom is 0.255 e. The van der Waals surface area contributed by atoms with E-state index in [-0.39, 0.29) is 6.54 Å². The zero-order valence-corrected chi connectivity index (χ0v) is 18.9. The van der Waals surface area contributed by atoms with Crippen LogP contribution in [0.25, 0.3) is 0 Å². The number of rotatable bonds is 8. The van der Waals surface area contributed by atoms with E-state index in [0.717, 1.165) is 27.3 Å². The lowest BCUT2D eigenvalue weighted by Crippen LogP contribution is -2.49. The first-order valence-corrected chi connectivity index (χ1v) is 11.3. The summed E-state index contributed by atoms with van der Waals surface area (Å²) in [5, 5.41) is 23.7. The maximum atomic E-state index is 12.6. The summed E-state index contributed by atoms with van der Waals surface area (Å²) in [4.78, 5) is 31.7. The molecule has 0 spiro atoms. The van der Waals surface area contributed by atoms with Gasteiger partial charge in [0, 0.05) is 30.6 Å². The van der Waals surface area contributed by atoms with Gasteiger partial charge >= 0.3 is 0 Å². The molecule has 2 amide bonds. The number of amides is 2. The SMILES string of the molecule is COc1ccccc1Cc1cnc(CNC(=O)[C@H](O)[C@@H](O)C(=O)N2Cc3ccccc3C2)s1. The molecule has 1 aliphatic rings. The number of hydrogen-bond acceptors (Lipinski definition) is 7. The van der Waals surface area contributed by atoms with Gasteiger partial charge in [-0.05, 0) is 22.8 Å². The molecule has 0 saturated carbocycles. The maximum absolute atomic E-state index is 12.6. The fourth-order valence-electron chi connectivity index (χ4n) is 3.77. The number of methoxy groups -OCH3 is 1. The molecule has 172 valence electrons. The summed E-state index contributed by atoms with van der Waals surface area (Å²) in [7, 11) is 1.62. The molecule has 4 rings (SSSR count). The highest BCUT2D eigenvalue weighted by Gasteiger charge is 2.35. The lowest BCUT2D eigenvalue weighted by Gasteiger charge is -2.22. The van der Waals surface area contributed by atoms with Gasteiger partial charge in [0.25, 0.3) is 11.8 Å². The Balaban J connectivity index is 1.29. The monoisotopic (exact) mass is 467 g/mol. The molecule has 2 atom stereocenters. The second-order valence-corrected chi connectivity index (χ2v) is 8.98. The smallest absolute Gasteiger partial charge is 0.255 e. The van der Waals surface area contributed by atoms with Crippen LogP contribution in [0, 0.1) is 0 Å². The van der Waals surface area contributed by atoms with E-state index >= 15 is 0 Å². The lowest BCUT2D eigenvalue weighted by molar-refractivity contribution is -0.153. The highest BCUT2D eigenvalue weighted by Crippen LogP contribution is 2.25. The number of aliphatic hydroxyl groups excluding tert-OH is 2. The average molecular weight is 468 g/mol. The van der Waals surface area contributed by atoms with E-state index in [1.54, 1.807) is 13.3 Å². The van der Waals surface area contributed by atoms with Crippen molar-refractivity contribution in [3.63, 3.8) is 0 Å². The van der Waals surface area contributed by atoms with Gasteiger partial charge in [-0.2, -0.15) is 0 Å². The average Bonchev–Trinajstić information content (AvgIpc) is 3.48. The van der Waals surface area contributed by atoms with E-state index in [4.69, 9.17) is 4.74 Å². The van der Waals surface area contributed by atoms with Crippen molar-refractivity contribution in [3.8, 4) is 5.75 Å². The summed E-state index contributed by atoms with van der Waals surface area (Å²) in [5.41, 5.74) is 3.01. The summed E-state index contributed by atoms with van der Waals surface area (Å²) in [6.07, 6.45) is -1.33. The molecule has 0 radical (unpaired) electrons.